The molecule has 3 aromatic carbocycles. The topological polar surface area (TPSA) is 30.3 Å². The summed E-state index contributed by atoms with van der Waals surface area (Å²) in [6, 6.07) is 22.8. The third-order valence-corrected chi connectivity index (χ3v) is 4.51. The molecule has 0 saturated heterocycles. The lowest BCUT2D eigenvalue weighted by molar-refractivity contribution is 0.296. The first-order valence-electron chi connectivity index (χ1n) is 8.92. The molecule has 0 bridgehead atoms. The van der Waals surface area contributed by atoms with Crippen molar-refractivity contribution >= 4 is 21.8 Å². The van der Waals surface area contributed by atoms with Crippen molar-refractivity contribution in [2.24, 2.45) is 0 Å². The summed E-state index contributed by atoms with van der Waals surface area (Å²) in [6.45, 7) is 2.19. The van der Waals surface area contributed by atoms with Gasteiger partial charge in [-0.15, -0.1) is 0 Å². The van der Waals surface area contributed by atoms with Crippen molar-refractivity contribution in [3.05, 3.63) is 72.6 Å². The third-order valence-electron chi connectivity index (χ3n) is 4.51. The van der Waals surface area contributed by atoms with Gasteiger partial charge in [0.15, 0.2) is 0 Å². The Bertz CT molecular complexity index is 1030. The monoisotopic (exact) mass is 345 g/mol. The molecular formula is C22H23N3O. The van der Waals surface area contributed by atoms with E-state index >= 15 is 0 Å². The number of nitrogens with zero attached hydrogens (tertiary/aromatic N) is 3. The van der Waals surface area contributed by atoms with E-state index in [0.717, 1.165) is 41.1 Å². The van der Waals surface area contributed by atoms with Gasteiger partial charge in [-0.1, -0.05) is 48.5 Å². The number of aromatic nitrogens is 2. The number of fused-ring (bicyclic) bond motifs is 2. The zero-order chi connectivity index (χ0) is 17.9. The summed E-state index contributed by atoms with van der Waals surface area (Å²) in [5, 5.41) is 2.35. The van der Waals surface area contributed by atoms with Crippen LogP contribution in [0.15, 0.2) is 66.7 Å². The van der Waals surface area contributed by atoms with E-state index in [1.807, 2.05) is 24.3 Å². The molecule has 0 unspecified atom stereocenters. The van der Waals surface area contributed by atoms with Crippen LogP contribution in [0, 0.1) is 0 Å². The maximum atomic E-state index is 6.14. The predicted molar refractivity (Wildman–Crippen MR) is 107 cm³/mol. The number of rotatable bonds is 6. The van der Waals surface area contributed by atoms with Crippen molar-refractivity contribution in [1.29, 1.82) is 0 Å². The van der Waals surface area contributed by atoms with Crippen LogP contribution >= 0.6 is 0 Å². The highest BCUT2D eigenvalue weighted by molar-refractivity contribution is 5.88. The molecule has 132 valence electrons. The van der Waals surface area contributed by atoms with E-state index in [1.165, 1.54) is 5.39 Å². The van der Waals surface area contributed by atoms with Crippen molar-refractivity contribution in [3.63, 3.8) is 0 Å². The second-order valence-electron chi connectivity index (χ2n) is 6.73. The molecule has 26 heavy (non-hydrogen) atoms. The van der Waals surface area contributed by atoms with E-state index in [2.05, 4.69) is 66.0 Å². The molecule has 0 aliphatic carbocycles. The normalized spacial score (nSPS) is 11.5. The number of para-hydroxylation sites is 2. The average Bonchev–Trinajstić information content (AvgIpc) is 2.98. The van der Waals surface area contributed by atoms with Gasteiger partial charge in [-0.25, -0.2) is 4.98 Å². The second-order valence-corrected chi connectivity index (χ2v) is 6.73. The molecule has 1 heterocycles. The second kappa shape index (κ2) is 7.18. The fourth-order valence-electron chi connectivity index (χ4n) is 3.35. The molecular weight excluding hydrogens is 322 g/mol. The summed E-state index contributed by atoms with van der Waals surface area (Å²) >= 11 is 0. The minimum atomic E-state index is 0.606. The van der Waals surface area contributed by atoms with E-state index in [-0.39, 0.29) is 0 Å². The Morgan fingerprint density at radius 1 is 0.923 bits per heavy atom. The van der Waals surface area contributed by atoms with Crippen molar-refractivity contribution in [1.82, 2.24) is 14.5 Å². The van der Waals surface area contributed by atoms with Gasteiger partial charge < -0.3 is 14.2 Å². The summed E-state index contributed by atoms with van der Waals surface area (Å²) in [5.74, 6) is 2.00. The highest BCUT2D eigenvalue weighted by Crippen LogP contribution is 2.25. The molecule has 0 saturated carbocycles. The Labute approximate surface area is 153 Å². The van der Waals surface area contributed by atoms with Crippen LogP contribution in [0.2, 0.25) is 0 Å². The Balaban J connectivity index is 1.57. The smallest absolute Gasteiger partial charge is 0.127 e. The Morgan fingerprint density at radius 2 is 1.69 bits per heavy atom. The number of ether oxygens (including phenoxy) is 1. The summed E-state index contributed by atoms with van der Waals surface area (Å²) in [4.78, 5) is 6.94. The molecule has 0 atom stereocenters. The lowest BCUT2D eigenvalue weighted by atomic mass is 10.1. The van der Waals surface area contributed by atoms with Crippen molar-refractivity contribution in [2.75, 3.05) is 20.7 Å². The highest BCUT2D eigenvalue weighted by Gasteiger charge is 2.11. The van der Waals surface area contributed by atoms with Crippen LogP contribution in [0.5, 0.6) is 5.75 Å². The Morgan fingerprint density at radius 3 is 2.58 bits per heavy atom. The highest BCUT2D eigenvalue weighted by atomic mass is 16.5. The minimum Gasteiger partial charge on any atom is -0.491 e. The maximum Gasteiger partial charge on any atom is 0.127 e. The summed E-state index contributed by atoms with van der Waals surface area (Å²) in [6.07, 6.45) is 0. The van der Waals surface area contributed by atoms with Crippen LogP contribution in [0.3, 0.4) is 0 Å². The molecule has 0 amide bonds. The van der Waals surface area contributed by atoms with Crippen molar-refractivity contribution in [2.45, 2.75) is 13.1 Å². The first-order chi connectivity index (χ1) is 12.7. The molecule has 0 N–H and O–H groups in total. The Hall–Kier alpha value is -2.85. The largest absolute Gasteiger partial charge is 0.491 e. The molecule has 0 fully saturated rings. The van der Waals surface area contributed by atoms with Crippen LogP contribution in [0.4, 0.5) is 0 Å². The molecule has 4 nitrogen and oxygen atoms in total. The van der Waals surface area contributed by atoms with Gasteiger partial charge in [0.25, 0.3) is 0 Å². The van der Waals surface area contributed by atoms with Gasteiger partial charge in [0.05, 0.1) is 24.1 Å². The van der Waals surface area contributed by atoms with Gasteiger partial charge in [-0.3, -0.25) is 0 Å². The molecule has 0 aliphatic rings. The quantitative estimate of drug-likeness (QED) is 0.521. The maximum absolute atomic E-state index is 6.14. The molecule has 4 heteroatoms. The van der Waals surface area contributed by atoms with E-state index in [4.69, 9.17) is 9.72 Å². The van der Waals surface area contributed by atoms with Gasteiger partial charge in [0, 0.05) is 5.39 Å². The average molecular weight is 345 g/mol. The van der Waals surface area contributed by atoms with Gasteiger partial charge in [-0.2, -0.15) is 0 Å². The van der Waals surface area contributed by atoms with Crippen molar-refractivity contribution < 1.29 is 4.74 Å². The molecule has 0 spiro atoms. The molecule has 0 radical (unpaired) electrons. The number of benzene rings is 3. The standard InChI is InChI=1S/C22H23N3O/c1-24(2)16-22-23-19-11-5-6-12-20(19)25(22)14-15-26-21-13-7-9-17-8-3-4-10-18(17)21/h3-13H,14-16H2,1-2H3. The van der Waals surface area contributed by atoms with E-state index < -0.39 is 0 Å². The summed E-state index contributed by atoms with van der Waals surface area (Å²) < 4.78 is 8.40. The number of hydrogen-bond acceptors (Lipinski definition) is 3. The molecule has 4 aromatic rings. The zero-order valence-corrected chi connectivity index (χ0v) is 15.2. The van der Waals surface area contributed by atoms with E-state index in [1.54, 1.807) is 0 Å². The van der Waals surface area contributed by atoms with E-state index in [0.29, 0.717) is 6.61 Å². The van der Waals surface area contributed by atoms with Gasteiger partial charge in [0.2, 0.25) is 0 Å². The molecule has 4 rings (SSSR count). The number of hydrogen-bond donors (Lipinski definition) is 0. The van der Waals surface area contributed by atoms with Crippen LogP contribution in [-0.2, 0) is 13.1 Å². The summed E-state index contributed by atoms with van der Waals surface area (Å²) in [7, 11) is 4.13. The molecule has 1 aromatic heterocycles. The summed E-state index contributed by atoms with van der Waals surface area (Å²) in [5.41, 5.74) is 2.19. The van der Waals surface area contributed by atoms with Crippen LogP contribution in [0.1, 0.15) is 5.82 Å². The van der Waals surface area contributed by atoms with E-state index in [9.17, 15) is 0 Å². The van der Waals surface area contributed by atoms with Gasteiger partial charge in [-0.05, 0) is 37.7 Å². The Kier molecular flexibility index (Phi) is 4.59. The lowest BCUT2D eigenvalue weighted by Crippen LogP contribution is -2.17. The zero-order valence-electron chi connectivity index (χ0n) is 15.2. The van der Waals surface area contributed by atoms with Crippen LogP contribution in [0.25, 0.3) is 21.8 Å². The number of imidazole rings is 1. The SMILES string of the molecule is CN(C)Cc1nc2ccccc2n1CCOc1cccc2ccccc12. The lowest BCUT2D eigenvalue weighted by Gasteiger charge is -2.14. The van der Waals surface area contributed by atoms with Crippen LogP contribution < -0.4 is 4.74 Å². The predicted octanol–water partition coefficient (Wildman–Crippen LogP) is 4.33. The fourth-order valence-corrected chi connectivity index (χ4v) is 3.35. The first-order valence-corrected chi connectivity index (χ1v) is 8.92. The third kappa shape index (κ3) is 3.28. The molecule has 0 aliphatic heterocycles. The minimum absolute atomic E-state index is 0.606. The first kappa shape index (κ1) is 16.6. The van der Waals surface area contributed by atoms with Crippen molar-refractivity contribution in [3.8, 4) is 5.75 Å². The van der Waals surface area contributed by atoms with Gasteiger partial charge >= 0.3 is 0 Å². The van der Waals surface area contributed by atoms with Gasteiger partial charge in [0.1, 0.15) is 18.2 Å². The fraction of sp³-hybridized carbons (Fsp3) is 0.227. The van der Waals surface area contributed by atoms with Crippen LogP contribution in [-0.4, -0.2) is 35.2 Å².